The summed E-state index contributed by atoms with van der Waals surface area (Å²) in [5, 5.41) is 3.34. The van der Waals surface area contributed by atoms with Gasteiger partial charge in [-0.2, -0.15) is 0 Å². The van der Waals surface area contributed by atoms with Crippen molar-refractivity contribution in [3.05, 3.63) is 0 Å². The van der Waals surface area contributed by atoms with Gasteiger partial charge in [0.05, 0.1) is 0 Å². The molecule has 0 aliphatic heterocycles. The highest BCUT2D eigenvalue weighted by Gasteiger charge is 1.96. The molecule has 0 rings (SSSR count). The number of hydrogen-bond donors (Lipinski definition) is 1. The third-order valence-corrected chi connectivity index (χ3v) is 2.21. The summed E-state index contributed by atoms with van der Waals surface area (Å²) >= 11 is 3.54. The number of halogens is 1. The first-order valence-corrected chi connectivity index (χ1v) is 4.57. The van der Waals surface area contributed by atoms with Crippen LogP contribution in [0.25, 0.3) is 0 Å². The molecule has 0 amide bonds. The van der Waals surface area contributed by atoms with E-state index >= 15 is 0 Å². The van der Waals surface area contributed by atoms with E-state index in [2.05, 4.69) is 35.1 Å². The predicted molar refractivity (Wildman–Crippen MR) is 46.2 cm³/mol. The Bertz CT molecular complexity index is 56.9. The summed E-state index contributed by atoms with van der Waals surface area (Å²) in [5.74, 6) is 0. The largest absolute Gasteiger partial charge is 0.316 e. The van der Waals surface area contributed by atoms with Crippen molar-refractivity contribution in [2.45, 2.75) is 31.5 Å². The highest BCUT2D eigenvalue weighted by atomic mass is 79.9. The molecule has 1 N–H and O–H groups in total. The van der Waals surface area contributed by atoms with Gasteiger partial charge in [-0.3, -0.25) is 0 Å². The summed E-state index contributed by atoms with van der Waals surface area (Å²) < 4.78 is 0. The normalized spacial score (nSPS) is 13.7. The van der Waals surface area contributed by atoms with E-state index < -0.39 is 0 Å². The van der Waals surface area contributed by atoms with E-state index in [1.165, 1.54) is 12.8 Å². The molecule has 2 heteroatoms. The first-order chi connectivity index (χ1) is 4.31. The quantitative estimate of drug-likeness (QED) is 0.522. The van der Waals surface area contributed by atoms with Gasteiger partial charge in [0.2, 0.25) is 0 Å². The van der Waals surface area contributed by atoms with Crippen LogP contribution in [0, 0.1) is 0 Å². The zero-order valence-electron chi connectivity index (χ0n) is 6.28. The lowest BCUT2D eigenvalue weighted by molar-refractivity contribution is 0.648. The molecule has 0 aromatic heterocycles. The van der Waals surface area contributed by atoms with Gasteiger partial charge in [-0.15, -0.1) is 0 Å². The van der Waals surface area contributed by atoms with E-state index in [1.807, 2.05) is 0 Å². The monoisotopic (exact) mass is 193 g/mol. The summed E-state index contributed by atoms with van der Waals surface area (Å²) in [6.07, 6.45) is 2.43. The number of rotatable bonds is 5. The van der Waals surface area contributed by atoms with E-state index in [4.69, 9.17) is 0 Å². The van der Waals surface area contributed by atoms with Crippen molar-refractivity contribution < 1.29 is 0 Å². The molecular weight excluding hydrogens is 178 g/mol. The molecule has 0 aliphatic carbocycles. The number of alkyl halides is 1. The third-order valence-electron chi connectivity index (χ3n) is 1.24. The topological polar surface area (TPSA) is 12.0 Å². The lowest BCUT2D eigenvalue weighted by Gasteiger charge is -2.06. The molecule has 9 heavy (non-hydrogen) atoms. The van der Waals surface area contributed by atoms with Crippen LogP contribution in [0.3, 0.4) is 0 Å². The maximum atomic E-state index is 3.54. The zero-order valence-corrected chi connectivity index (χ0v) is 7.87. The van der Waals surface area contributed by atoms with E-state index in [0.717, 1.165) is 13.1 Å². The summed E-state index contributed by atoms with van der Waals surface area (Å²) in [5.41, 5.74) is 0. The van der Waals surface area contributed by atoms with Crippen molar-refractivity contribution in [2.24, 2.45) is 0 Å². The SMILES string of the molecule is CCCNCC(Br)CC. The molecule has 1 atom stereocenters. The minimum absolute atomic E-state index is 0.657. The third kappa shape index (κ3) is 6.32. The smallest absolute Gasteiger partial charge is 0.0268 e. The number of hydrogen-bond acceptors (Lipinski definition) is 1. The molecule has 0 fully saturated rings. The van der Waals surface area contributed by atoms with Crippen molar-refractivity contribution in [1.82, 2.24) is 5.32 Å². The summed E-state index contributed by atoms with van der Waals surface area (Å²) in [4.78, 5) is 0.657. The van der Waals surface area contributed by atoms with Crippen molar-refractivity contribution in [1.29, 1.82) is 0 Å². The van der Waals surface area contributed by atoms with Crippen LogP contribution in [-0.4, -0.2) is 17.9 Å². The molecule has 0 aromatic rings. The van der Waals surface area contributed by atoms with Gasteiger partial charge in [-0.25, -0.2) is 0 Å². The fraction of sp³-hybridized carbons (Fsp3) is 1.00. The van der Waals surface area contributed by atoms with Gasteiger partial charge in [0.15, 0.2) is 0 Å². The average Bonchev–Trinajstić information content (AvgIpc) is 1.89. The van der Waals surface area contributed by atoms with Crippen LogP contribution < -0.4 is 5.32 Å². The molecule has 0 bridgehead atoms. The summed E-state index contributed by atoms with van der Waals surface area (Å²) in [6, 6.07) is 0. The Labute approximate surface area is 66.3 Å². The fourth-order valence-electron chi connectivity index (χ4n) is 0.580. The molecule has 0 spiro atoms. The maximum Gasteiger partial charge on any atom is 0.0268 e. The van der Waals surface area contributed by atoms with Crippen LogP contribution in [0.4, 0.5) is 0 Å². The van der Waals surface area contributed by atoms with E-state index in [9.17, 15) is 0 Å². The highest BCUT2D eigenvalue weighted by molar-refractivity contribution is 9.09. The van der Waals surface area contributed by atoms with E-state index in [1.54, 1.807) is 0 Å². The summed E-state index contributed by atoms with van der Waals surface area (Å²) in [7, 11) is 0. The second kappa shape index (κ2) is 6.56. The lowest BCUT2D eigenvalue weighted by atomic mass is 10.3. The van der Waals surface area contributed by atoms with Crippen LogP contribution in [0.1, 0.15) is 26.7 Å². The first kappa shape index (κ1) is 9.44. The van der Waals surface area contributed by atoms with Crippen molar-refractivity contribution in [2.75, 3.05) is 13.1 Å². The van der Waals surface area contributed by atoms with Crippen molar-refractivity contribution in [3.63, 3.8) is 0 Å². The molecule has 1 nitrogen and oxygen atoms in total. The number of nitrogens with one attached hydrogen (secondary N) is 1. The van der Waals surface area contributed by atoms with E-state index in [-0.39, 0.29) is 0 Å². The average molecular weight is 194 g/mol. The Morgan fingerprint density at radius 2 is 2.11 bits per heavy atom. The van der Waals surface area contributed by atoms with Crippen LogP contribution in [0.2, 0.25) is 0 Å². The first-order valence-electron chi connectivity index (χ1n) is 3.66. The molecule has 0 heterocycles. The molecule has 0 aliphatic rings. The second-order valence-corrected chi connectivity index (χ2v) is 3.50. The van der Waals surface area contributed by atoms with E-state index in [0.29, 0.717) is 4.83 Å². The van der Waals surface area contributed by atoms with Crippen molar-refractivity contribution >= 4 is 15.9 Å². The molecule has 0 saturated heterocycles. The van der Waals surface area contributed by atoms with Crippen LogP contribution in [-0.2, 0) is 0 Å². The van der Waals surface area contributed by atoms with Crippen molar-refractivity contribution in [3.8, 4) is 0 Å². The molecule has 1 unspecified atom stereocenters. The van der Waals surface area contributed by atoms with Gasteiger partial charge < -0.3 is 5.32 Å². The van der Waals surface area contributed by atoms with Gasteiger partial charge >= 0.3 is 0 Å². The van der Waals surface area contributed by atoms with Crippen LogP contribution in [0.5, 0.6) is 0 Å². The van der Waals surface area contributed by atoms with Gasteiger partial charge in [0.1, 0.15) is 0 Å². The second-order valence-electron chi connectivity index (χ2n) is 2.21. The highest BCUT2D eigenvalue weighted by Crippen LogP contribution is 2.01. The van der Waals surface area contributed by atoms with Crippen LogP contribution in [0.15, 0.2) is 0 Å². The standard InChI is InChI=1S/C7H16BrN/c1-3-5-9-6-7(8)4-2/h7,9H,3-6H2,1-2H3. The Morgan fingerprint density at radius 3 is 2.56 bits per heavy atom. The van der Waals surface area contributed by atoms with Gasteiger partial charge in [-0.05, 0) is 19.4 Å². The Balaban J connectivity index is 2.88. The molecule has 0 aromatic carbocycles. The van der Waals surface area contributed by atoms with Gasteiger partial charge in [0, 0.05) is 11.4 Å². The van der Waals surface area contributed by atoms with Gasteiger partial charge in [0.25, 0.3) is 0 Å². The minimum Gasteiger partial charge on any atom is -0.316 e. The molecular formula is C7H16BrN. The predicted octanol–water partition coefficient (Wildman–Crippen LogP) is 2.16. The fourth-order valence-corrected chi connectivity index (χ4v) is 0.809. The van der Waals surface area contributed by atoms with Crippen LogP contribution >= 0.6 is 15.9 Å². The molecule has 0 saturated carbocycles. The molecule has 0 radical (unpaired) electrons. The Kier molecular flexibility index (Phi) is 6.88. The lowest BCUT2D eigenvalue weighted by Crippen LogP contribution is -2.22. The Morgan fingerprint density at radius 1 is 1.44 bits per heavy atom. The minimum atomic E-state index is 0.657. The van der Waals surface area contributed by atoms with Gasteiger partial charge in [-0.1, -0.05) is 29.8 Å². The molecule has 56 valence electrons. The zero-order chi connectivity index (χ0) is 7.11. The maximum absolute atomic E-state index is 3.54. The Hall–Kier alpha value is 0.440. The summed E-state index contributed by atoms with van der Waals surface area (Å²) in [6.45, 7) is 6.61.